The zero-order valence-electron chi connectivity index (χ0n) is 12.0. The number of benzene rings is 2. The highest BCUT2D eigenvalue weighted by Gasteiger charge is 1.99. The van der Waals surface area contributed by atoms with E-state index in [0.29, 0.717) is 0 Å². The third-order valence-electron chi connectivity index (χ3n) is 2.82. The quantitative estimate of drug-likeness (QED) is 0.613. The fraction of sp³-hybridized carbons (Fsp3) is 0.125. The molecule has 0 radical (unpaired) electrons. The maximum Gasteiger partial charge on any atom is 0.259 e. The summed E-state index contributed by atoms with van der Waals surface area (Å²) < 4.78 is 6.07. The van der Waals surface area contributed by atoms with Crippen LogP contribution in [0.2, 0.25) is 0 Å². The molecule has 0 aliphatic rings. The maximum atomic E-state index is 11.7. The molecule has 1 amide bonds. The molecule has 0 aliphatic heterocycles. The van der Waals surface area contributed by atoms with Gasteiger partial charge in [-0.3, -0.25) is 4.79 Å². The van der Waals surface area contributed by atoms with Gasteiger partial charge in [-0.15, -0.1) is 0 Å². The molecule has 2 aromatic rings. The van der Waals surface area contributed by atoms with Crippen molar-refractivity contribution in [3.05, 3.63) is 58.6 Å². The normalized spacial score (nSPS) is 10.5. The van der Waals surface area contributed by atoms with Gasteiger partial charge in [-0.2, -0.15) is 5.10 Å². The number of hydrogen-bond donors (Lipinski definition) is 2. The second kappa shape index (κ2) is 8.19. The Kier molecular flexibility index (Phi) is 5.97. The summed E-state index contributed by atoms with van der Waals surface area (Å²) in [6, 6.07) is 15.0. The van der Waals surface area contributed by atoms with Crippen LogP contribution in [0.25, 0.3) is 0 Å². The number of ether oxygens (including phenoxy) is 1. The SMILES string of the molecule is COc1ccc(NCC(=O)NN=Cc2ccc(Br)cc2)cc1. The molecule has 6 heteroatoms. The van der Waals surface area contributed by atoms with E-state index < -0.39 is 0 Å². The average Bonchev–Trinajstić information content (AvgIpc) is 2.55. The molecule has 0 aromatic heterocycles. The zero-order valence-corrected chi connectivity index (χ0v) is 13.6. The van der Waals surface area contributed by atoms with Gasteiger partial charge in [-0.1, -0.05) is 28.1 Å². The van der Waals surface area contributed by atoms with Crippen molar-refractivity contribution in [2.75, 3.05) is 19.0 Å². The first-order valence-corrected chi connectivity index (χ1v) is 7.42. The summed E-state index contributed by atoms with van der Waals surface area (Å²) in [7, 11) is 1.61. The molecule has 0 atom stereocenters. The Morgan fingerprint density at radius 2 is 1.86 bits per heavy atom. The van der Waals surface area contributed by atoms with E-state index in [4.69, 9.17) is 4.74 Å². The number of rotatable bonds is 6. The molecular formula is C16H16BrN3O2. The standard InChI is InChI=1S/C16H16BrN3O2/c1-22-15-8-6-14(7-9-15)18-11-16(21)20-19-10-12-2-4-13(17)5-3-12/h2-10,18H,11H2,1H3,(H,20,21). The van der Waals surface area contributed by atoms with Crippen LogP contribution in [-0.2, 0) is 4.79 Å². The lowest BCUT2D eigenvalue weighted by Crippen LogP contribution is -2.25. The Morgan fingerprint density at radius 3 is 2.50 bits per heavy atom. The van der Waals surface area contributed by atoms with Gasteiger partial charge >= 0.3 is 0 Å². The molecular weight excluding hydrogens is 346 g/mol. The van der Waals surface area contributed by atoms with Gasteiger partial charge in [0.2, 0.25) is 0 Å². The second-order valence-electron chi connectivity index (χ2n) is 4.43. The molecule has 0 unspecified atom stereocenters. The van der Waals surface area contributed by atoms with Gasteiger partial charge in [0.1, 0.15) is 5.75 Å². The predicted octanol–water partition coefficient (Wildman–Crippen LogP) is 3.02. The van der Waals surface area contributed by atoms with Crippen LogP contribution in [0.3, 0.4) is 0 Å². The van der Waals surface area contributed by atoms with Gasteiger partial charge in [0, 0.05) is 10.2 Å². The first kappa shape index (κ1) is 16.0. The summed E-state index contributed by atoms with van der Waals surface area (Å²) in [4.78, 5) is 11.7. The molecule has 5 nitrogen and oxygen atoms in total. The minimum absolute atomic E-state index is 0.143. The van der Waals surface area contributed by atoms with E-state index >= 15 is 0 Å². The van der Waals surface area contributed by atoms with Crippen molar-refractivity contribution in [3.8, 4) is 5.75 Å². The number of halogens is 1. The van der Waals surface area contributed by atoms with Crippen LogP contribution in [0, 0.1) is 0 Å². The van der Waals surface area contributed by atoms with Gasteiger partial charge in [0.25, 0.3) is 5.91 Å². The fourth-order valence-electron chi connectivity index (χ4n) is 1.66. The fourth-order valence-corrected chi connectivity index (χ4v) is 1.92. The number of anilines is 1. The molecule has 114 valence electrons. The Hall–Kier alpha value is -2.34. The topological polar surface area (TPSA) is 62.7 Å². The lowest BCUT2D eigenvalue weighted by molar-refractivity contribution is -0.119. The second-order valence-corrected chi connectivity index (χ2v) is 5.34. The molecule has 0 heterocycles. The van der Waals surface area contributed by atoms with Crippen molar-refractivity contribution >= 4 is 33.7 Å². The molecule has 0 saturated heterocycles. The Labute approximate surface area is 137 Å². The average molecular weight is 362 g/mol. The van der Waals surface area contributed by atoms with Crippen LogP contribution in [0.15, 0.2) is 58.1 Å². The van der Waals surface area contributed by atoms with E-state index in [-0.39, 0.29) is 12.5 Å². The van der Waals surface area contributed by atoms with Crippen molar-refractivity contribution in [2.45, 2.75) is 0 Å². The number of nitrogens with one attached hydrogen (secondary N) is 2. The van der Waals surface area contributed by atoms with Gasteiger partial charge < -0.3 is 10.1 Å². The van der Waals surface area contributed by atoms with Gasteiger partial charge in [0.15, 0.2) is 0 Å². The molecule has 0 spiro atoms. The van der Waals surface area contributed by atoms with E-state index in [1.807, 2.05) is 48.5 Å². The molecule has 0 aliphatic carbocycles. The number of hydrazone groups is 1. The van der Waals surface area contributed by atoms with E-state index in [9.17, 15) is 4.79 Å². The number of methoxy groups -OCH3 is 1. The summed E-state index contributed by atoms with van der Waals surface area (Å²) in [5.41, 5.74) is 4.22. The van der Waals surface area contributed by atoms with Crippen LogP contribution in [-0.4, -0.2) is 25.8 Å². The van der Waals surface area contributed by atoms with Gasteiger partial charge in [-0.05, 0) is 42.0 Å². The Bertz CT molecular complexity index is 639. The molecule has 22 heavy (non-hydrogen) atoms. The zero-order chi connectivity index (χ0) is 15.8. The number of carbonyl (C=O) groups is 1. The Balaban J connectivity index is 1.76. The molecule has 0 bridgehead atoms. The van der Waals surface area contributed by atoms with E-state index in [2.05, 4.69) is 31.8 Å². The van der Waals surface area contributed by atoms with Gasteiger partial charge in [0.05, 0.1) is 19.9 Å². The third kappa shape index (κ3) is 5.21. The van der Waals surface area contributed by atoms with Gasteiger partial charge in [-0.25, -0.2) is 5.43 Å². The van der Waals surface area contributed by atoms with Crippen LogP contribution in [0.5, 0.6) is 5.75 Å². The molecule has 2 N–H and O–H groups in total. The first-order valence-electron chi connectivity index (χ1n) is 6.63. The number of amides is 1. The van der Waals surface area contributed by atoms with Crippen LogP contribution in [0.4, 0.5) is 5.69 Å². The van der Waals surface area contributed by atoms with E-state index in [0.717, 1.165) is 21.5 Å². The van der Waals surface area contributed by atoms with Crippen molar-refractivity contribution < 1.29 is 9.53 Å². The van der Waals surface area contributed by atoms with Crippen LogP contribution >= 0.6 is 15.9 Å². The molecule has 2 aromatic carbocycles. The summed E-state index contributed by atoms with van der Waals surface area (Å²) in [5, 5.41) is 6.92. The Morgan fingerprint density at radius 1 is 1.18 bits per heavy atom. The summed E-state index contributed by atoms with van der Waals surface area (Å²) in [6.45, 7) is 0.143. The van der Waals surface area contributed by atoms with Crippen LogP contribution in [0.1, 0.15) is 5.56 Å². The summed E-state index contributed by atoms with van der Waals surface area (Å²) >= 11 is 3.36. The van der Waals surface area contributed by atoms with Crippen molar-refractivity contribution in [3.63, 3.8) is 0 Å². The van der Waals surface area contributed by atoms with E-state index in [1.165, 1.54) is 0 Å². The largest absolute Gasteiger partial charge is 0.497 e. The lowest BCUT2D eigenvalue weighted by atomic mass is 10.2. The summed E-state index contributed by atoms with van der Waals surface area (Å²) in [5.74, 6) is 0.554. The van der Waals surface area contributed by atoms with Crippen molar-refractivity contribution in [2.24, 2.45) is 5.10 Å². The minimum Gasteiger partial charge on any atom is -0.497 e. The molecule has 0 fully saturated rings. The number of carbonyl (C=O) groups excluding carboxylic acids is 1. The smallest absolute Gasteiger partial charge is 0.259 e. The van der Waals surface area contributed by atoms with Crippen molar-refractivity contribution in [1.82, 2.24) is 5.43 Å². The number of nitrogens with zero attached hydrogens (tertiary/aromatic N) is 1. The third-order valence-corrected chi connectivity index (χ3v) is 3.34. The van der Waals surface area contributed by atoms with Crippen molar-refractivity contribution in [1.29, 1.82) is 0 Å². The minimum atomic E-state index is -0.218. The van der Waals surface area contributed by atoms with E-state index in [1.54, 1.807) is 13.3 Å². The first-order chi connectivity index (χ1) is 10.7. The summed E-state index contributed by atoms with van der Waals surface area (Å²) in [6.07, 6.45) is 1.59. The highest BCUT2D eigenvalue weighted by Crippen LogP contribution is 2.14. The monoisotopic (exact) mass is 361 g/mol. The maximum absolute atomic E-state index is 11.7. The highest BCUT2D eigenvalue weighted by atomic mass is 79.9. The number of hydrogen-bond acceptors (Lipinski definition) is 4. The van der Waals surface area contributed by atoms with Crippen LogP contribution < -0.4 is 15.5 Å². The molecule has 0 saturated carbocycles. The highest BCUT2D eigenvalue weighted by molar-refractivity contribution is 9.10. The molecule has 2 rings (SSSR count). The lowest BCUT2D eigenvalue weighted by Gasteiger charge is -2.06. The predicted molar refractivity (Wildman–Crippen MR) is 91.4 cm³/mol.